The Morgan fingerprint density at radius 1 is 1.21 bits per heavy atom. The summed E-state index contributed by atoms with van der Waals surface area (Å²) in [7, 11) is 0. The van der Waals surface area contributed by atoms with E-state index < -0.39 is 0 Å². The number of nitrogens with one attached hydrogen (secondary N) is 1. The van der Waals surface area contributed by atoms with E-state index in [0.29, 0.717) is 6.04 Å². The number of aromatic nitrogens is 2. The summed E-state index contributed by atoms with van der Waals surface area (Å²) >= 11 is 0. The highest BCUT2D eigenvalue weighted by Gasteiger charge is 2.27. The van der Waals surface area contributed by atoms with Crippen molar-refractivity contribution in [1.29, 1.82) is 0 Å². The van der Waals surface area contributed by atoms with Gasteiger partial charge < -0.3 is 10.2 Å². The molecule has 0 amide bonds. The molecule has 0 bridgehead atoms. The molecule has 1 atom stereocenters. The van der Waals surface area contributed by atoms with Crippen LogP contribution in [0.2, 0.25) is 0 Å². The minimum atomic E-state index is 0.589. The van der Waals surface area contributed by atoms with Crippen LogP contribution in [0.25, 0.3) is 0 Å². The zero-order valence-electron chi connectivity index (χ0n) is 12.0. The smallest absolute Gasteiger partial charge is 0.147 e. The van der Waals surface area contributed by atoms with Gasteiger partial charge in [0.1, 0.15) is 5.82 Å². The Labute approximate surface area is 115 Å². The normalized spacial score (nSPS) is 23.7. The van der Waals surface area contributed by atoms with Gasteiger partial charge in [-0.3, -0.25) is 4.98 Å². The topological polar surface area (TPSA) is 41.1 Å². The molecule has 0 aromatic carbocycles. The summed E-state index contributed by atoms with van der Waals surface area (Å²) < 4.78 is 0. The highest BCUT2D eigenvalue weighted by molar-refractivity contribution is 5.39. The predicted octanol–water partition coefficient (Wildman–Crippen LogP) is 2.20. The summed E-state index contributed by atoms with van der Waals surface area (Å²) in [5, 5.41) is 3.66. The molecule has 1 aliphatic carbocycles. The third-order valence-electron chi connectivity index (χ3n) is 4.32. The van der Waals surface area contributed by atoms with Crippen LogP contribution in [0.15, 0.2) is 6.20 Å². The second-order valence-electron chi connectivity index (χ2n) is 5.92. The second kappa shape index (κ2) is 5.45. The van der Waals surface area contributed by atoms with E-state index in [-0.39, 0.29) is 0 Å². The van der Waals surface area contributed by atoms with Crippen molar-refractivity contribution in [3.8, 4) is 0 Å². The lowest BCUT2D eigenvalue weighted by Gasteiger charge is -2.37. The molecule has 2 heterocycles. The van der Waals surface area contributed by atoms with E-state index in [9.17, 15) is 0 Å². The van der Waals surface area contributed by atoms with Gasteiger partial charge in [0.2, 0.25) is 0 Å². The van der Waals surface area contributed by atoms with E-state index in [1.807, 2.05) is 20.0 Å². The van der Waals surface area contributed by atoms with Gasteiger partial charge in [-0.05, 0) is 46.0 Å². The van der Waals surface area contributed by atoms with Crippen molar-refractivity contribution in [2.75, 3.05) is 18.0 Å². The third-order valence-corrected chi connectivity index (χ3v) is 4.32. The number of hydrogen-bond acceptors (Lipinski definition) is 4. The first-order valence-corrected chi connectivity index (χ1v) is 7.54. The first kappa shape index (κ1) is 12.9. The summed E-state index contributed by atoms with van der Waals surface area (Å²) in [6.07, 6.45) is 8.54. The molecule has 2 aliphatic rings. The number of anilines is 1. The molecule has 1 unspecified atom stereocenters. The molecular weight excluding hydrogens is 236 g/mol. The van der Waals surface area contributed by atoms with Crippen LogP contribution in [-0.4, -0.2) is 35.1 Å². The van der Waals surface area contributed by atoms with E-state index in [2.05, 4.69) is 15.2 Å². The van der Waals surface area contributed by atoms with Gasteiger partial charge in [-0.2, -0.15) is 0 Å². The molecule has 3 rings (SSSR count). The first-order valence-electron chi connectivity index (χ1n) is 7.54. The Bertz CT molecular complexity index is 442. The molecular formula is C15H24N4. The van der Waals surface area contributed by atoms with Gasteiger partial charge in [0, 0.05) is 25.2 Å². The van der Waals surface area contributed by atoms with Gasteiger partial charge >= 0.3 is 0 Å². The van der Waals surface area contributed by atoms with Crippen LogP contribution in [0.1, 0.15) is 43.5 Å². The summed E-state index contributed by atoms with van der Waals surface area (Å²) in [6.45, 7) is 6.29. The largest absolute Gasteiger partial charge is 0.351 e. The standard InChI is InChI=1S/C15H24N4/c1-11-12(2)18-15(10-16-11)19-8-4-3-5-14(19)9-17-13-6-7-13/h10,13-14,17H,3-9H2,1-2H3. The minimum Gasteiger partial charge on any atom is -0.351 e. The van der Waals surface area contributed by atoms with Gasteiger partial charge in [0.15, 0.2) is 0 Å². The SMILES string of the molecule is Cc1ncc(N2CCCCC2CNC2CC2)nc1C. The number of aryl methyl sites for hydroxylation is 2. The Kier molecular flexibility index (Phi) is 3.69. The van der Waals surface area contributed by atoms with Crippen LogP contribution >= 0.6 is 0 Å². The number of hydrogen-bond donors (Lipinski definition) is 1. The summed E-state index contributed by atoms with van der Waals surface area (Å²) in [5.41, 5.74) is 2.09. The van der Waals surface area contributed by atoms with E-state index in [4.69, 9.17) is 4.98 Å². The zero-order valence-corrected chi connectivity index (χ0v) is 12.0. The van der Waals surface area contributed by atoms with Crippen molar-refractivity contribution in [1.82, 2.24) is 15.3 Å². The highest BCUT2D eigenvalue weighted by Crippen LogP contribution is 2.24. The van der Waals surface area contributed by atoms with Crippen molar-refractivity contribution < 1.29 is 0 Å². The van der Waals surface area contributed by atoms with Crippen molar-refractivity contribution >= 4 is 5.82 Å². The monoisotopic (exact) mass is 260 g/mol. The van der Waals surface area contributed by atoms with Crippen molar-refractivity contribution in [2.45, 2.75) is 58.0 Å². The maximum Gasteiger partial charge on any atom is 0.147 e. The van der Waals surface area contributed by atoms with E-state index in [0.717, 1.165) is 36.3 Å². The molecule has 1 saturated heterocycles. The molecule has 19 heavy (non-hydrogen) atoms. The Balaban J connectivity index is 1.72. The Morgan fingerprint density at radius 3 is 2.79 bits per heavy atom. The molecule has 2 fully saturated rings. The van der Waals surface area contributed by atoms with Crippen LogP contribution in [0.3, 0.4) is 0 Å². The van der Waals surface area contributed by atoms with Gasteiger partial charge in [0.25, 0.3) is 0 Å². The second-order valence-corrected chi connectivity index (χ2v) is 5.92. The van der Waals surface area contributed by atoms with Crippen LogP contribution < -0.4 is 10.2 Å². The van der Waals surface area contributed by atoms with Gasteiger partial charge in [-0.25, -0.2) is 4.98 Å². The van der Waals surface area contributed by atoms with Crippen LogP contribution in [-0.2, 0) is 0 Å². The quantitative estimate of drug-likeness (QED) is 0.901. The lowest BCUT2D eigenvalue weighted by Crippen LogP contribution is -2.46. The third kappa shape index (κ3) is 3.06. The highest BCUT2D eigenvalue weighted by atomic mass is 15.2. The van der Waals surface area contributed by atoms with Crippen LogP contribution in [0, 0.1) is 13.8 Å². The fourth-order valence-electron chi connectivity index (χ4n) is 2.77. The van der Waals surface area contributed by atoms with Crippen LogP contribution in [0.4, 0.5) is 5.82 Å². The molecule has 1 saturated carbocycles. The lowest BCUT2D eigenvalue weighted by molar-refractivity contribution is 0.431. The Morgan fingerprint density at radius 2 is 2.05 bits per heavy atom. The Hall–Kier alpha value is -1.16. The maximum atomic E-state index is 4.73. The van der Waals surface area contributed by atoms with Crippen molar-refractivity contribution in [3.63, 3.8) is 0 Å². The molecule has 0 spiro atoms. The number of nitrogens with zero attached hydrogens (tertiary/aromatic N) is 3. The molecule has 104 valence electrons. The molecule has 1 N–H and O–H groups in total. The zero-order chi connectivity index (χ0) is 13.2. The van der Waals surface area contributed by atoms with E-state index in [1.54, 1.807) is 0 Å². The van der Waals surface area contributed by atoms with Crippen molar-refractivity contribution in [3.05, 3.63) is 17.6 Å². The average molecular weight is 260 g/mol. The molecule has 4 nitrogen and oxygen atoms in total. The average Bonchev–Trinajstić information content (AvgIpc) is 3.24. The number of rotatable bonds is 4. The molecule has 1 aromatic heterocycles. The molecule has 4 heteroatoms. The summed E-state index contributed by atoms with van der Waals surface area (Å²) in [4.78, 5) is 11.7. The predicted molar refractivity (Wildman–Crippen MR) is 77.5 cm³/mol. The fourth-order valence-corrected chi connectivity index (χ4v) is 2.77. The first-order chi connectivity index (χ1) is 9.24. The molecule has 1 aromatic rings. The van der Waals surface area contributed by atoms with Crippen LogP contribution in [0.5, 0.6) is 0 Å². The van der Waals surface area contributed by atoms with Gasteiger partial charge in [-0.1, -0.05) is 0 Å². The molecule has 1 aliphatic heterocycles. The van der Waals surface area contributed by atoms with E-state index >= 15 is 0 Å². The summed E-state index contributed by atoms with van der Waals surface area (Å²) in [5.74, 6) is 1.06. The lowest BCUT2D eigenvalue weighted by atomic mass is 10.0. The fraction of sp³-hybridized carbons (Fsp3) is 0.733. The van der Waals surface area contributed by atoms with Crippen molar-refractivity contribution in [2.24, 2.45) is 0 Å². The maximum absolute atomic E-state index is 4.73. The minimum absolute atomic E-state index is 0.589. The van der Waals surface area contributed by atoms with Gasteiger partial charge in [-0.15, -0.1) is 0 Å². The van der Waals surface area contributed by atoms with Gasteiger partial charge in [0.05, 0.1) is 17.6 Å². The summed E-state index contributed by atoms with van der Waals surface area (Å²) in [6, 6.07) is 1.38. The number of piperidine rings is 1. The molecule has 0 radical (unpaired) electrons. The van der Waals surface area contributed by atoms with E-state index in [1.165, 1.54) is 32.1 Å².